The number of ether oxygens (including phenoxy) is 1. The van der Waals surface area contributed by atoms with Crippen LogP contribution in [-0.4, -0.2) is 46.4 Å². The van der Waals surface area contributed by atoms with Crippen molar-refractivity contribution < 1.29 is 9.13 Å². The van der Waals surface area contributed by atoms with Crippen molar-refractivity contribution in [2.24, 2.45) is 0 Å². The van der Waals surface area contributed by atoms with Crippen LogP contribution in [0, 0.1) is 5.82 Å². The maximum atomic E-state index is 12.9. The first-order chi connectivity index (χ1) is 10.8. The predicted molar refractivity (Wildman–Crippen MR) is 85.0 cm³/mol. The Morgan fingerprint density at radius 1 is 1.14 bits per heavy atom. The lowest BCUT2D eigenvalue weighted by Crippen LogP contribution is -2.46. The molecule has 0 bridgehead atoms. The Morgan fingerprint density at radius 3 is 2.55 bits per heavy atom. The lowest BCUT2D eigenvalue weighted by atomic mass is 10.2. The number of nitrogens with zero attached hydrogens (tertiary/aromatic N) is 4. The molecule has 0 amide bonds. The standard InChI is InChI=1S/C15H19FN4OS/c1-2-19-7-9-20(10-8-19)14-15(18-22-17-14)21-11-12-3-5-13(16)6-4-12/h3-6H,2,7-11H2,1H3. The number of anilines is 1. The molecule has 7 heteroatoms. The molecular formula is C15H19FN4OS. The van der Waals surface area contributed by atoms with Gasteiger partial charge in [-0.3, -0.25) is 0 Å². The van der Waals surface area contributed by atoms with E-state index in [1.807, 2.05) is 0 Å². The fourth-order valence-corrected chi connectivity index (χ4v) is 2.99. The van der Waals surface area contributed by atoms with Gasteiger partial charge < -0.3 is 14.5 Å². The zero-order valence-electron chi connectivity index (χ0n) is 12.5. The highest BCUT2D eigenvalue weighted by Crippen LogP contribution is 2.27. The highest BCUT2D eigenvalue weighted by atomic mass is 32.1. The van der Waals surface area contributed by atoms with Crippen molar-refractivity contribution in [2.45, 2.75) is 13.5 Å². The molecule has 3 rings (SSSR count). The van der Waals surface area contributed by atoms with E-state index in [4.69, 9.17) is 4.74 Å². The molecule has 2 aromatic rings. The van der Waals surface area contributed by atoms with Crippen LogP contribution in [0.3, 0.4) is 0 Å². The number of benzene rings is 1. The van der Waals surface area contributed by atoms with E-state index < -0.39 is 0 Å². The minimum absolute atomic E-state index is 0.242. The maximum Gasteiger partial charge on any atom is 0.271 e. The summed E-state index contributed by atoms with van der Waals surface area (Å²) in [6.07, 6.45) is 0. The lowest BCUT2D eigenvalue weighted by molar-refractivity contribution is 0.266. The maximum absolute atomic E-state index is 12.9. The summed E-state index contributed by atoms with van der Waals surface area (Å²) < 4.78 is 27.3. The van der Waals surface area contributed by atoms with E-state index in [0.29, 0.717) is 12.5 Å². The number of likely N-dealkylation sites (N-methyl/N-ethyl adjacent to an activating group) is 1. The van der Waals surface area contributed by atoms with E-state index in [2.05, 4.69) is 25.5 Å². The molecule has 1 saturated heterocycles. The summed E-state index contributed by atoms with van der Waals surface area (Å²) in [5.74, 6) is 1.15. The molecule has 1 aromatic carbocycles. The molecule has 0 atom stereocenters. The molecule has 0 spiro atoms. The van der Waals surface area contributed by atoms with Crippen LogP contribution in [0.2, 0.25) is 0 Å². The third-order valence-electron chi connectivity index (χ3n) is 3.85. The van der Waals surface area contributed by atoms with Crippen molar-refractivity contribution in [2.75, 3.05) is 37.6 Å². The number of hydrogen-bond donors (Lipinski definition) is 0. The highest BCUT2D eigenvalue weighted by molar-refractivity contribution is 6.99. The van der Waals surface area contributed by atoms with E-state index in [-0.39, 0.29) is 5.82 Å². The summed E-state index contributed by atoms with van der Waals surface area (Å²) in [4.78, 5) is 4.63. The second-order valence-corrected chi connectivity index (χ2v) is 5.76. The van der Waals surface area contributed by atoms with Crippen LogP contribution in [-0.2, 0) is 6.61 Å². The van der Waals surface area contributed by atoms with Gasteiger partial charge in [0.15, 0.2) is 0 Å². The topological polar surface area (TPSA) is 41.5 Å². The minimum Gasteiger partial charge on any atom is -0.470 e. The van der Waals surface area contributed by atoms with E-state index in [0.717, 1.165) is 55.8 Å². The molecule has 2 heterocycles. The van der Waals surface area contributed by atoms with Crippen LogP contribution in [0.25, 0.3) is 0 Å². The van der Waals surface area contributed by atoms with Crippen LogP contribution >= 0.6 is 11.7 Å². The van der Waals surface area contributed by atoms with Gasteiger partial charge in [0.1, 0.15) is 12.4 Å². The van der Waals surface area contributed by atoms with Gasteiger partial charge in [0.2, 0.25) is 5.82 Å². The van der Waals surface area contributed by atoms with Crippen molar-refractivity contribution in [1.82, 2.24) is 13.6 Å². The quantitative estimate of drug-likeness (QED) is 0.845. The third kappa shape index (κ3) is 3.53. The summed E-state index contributed by atoms with van der Waals surface area (Å²) >= 11 is 1.16. The summed E-state index contributed by atoms with van der Waals surface area (Å²) in [5.41, 5.74) is 0.913. The first-order valence-electron chi connectivity index (χ1n) is 7.43. The fourth-order valence-electron chi connectivity index (χ4n) is 2.47. The number of halogens is 1. The SMILES string of the molecule is CCN1CCN(c2nsnc2OCc2ccc(F)cc2)CC1. The summed E-state index contributed by atoms with van der Waals surface area (Å²) in [6, 6.07) is 6.30. The number of hydrogen-bond acceptors (Lipinski definition) is 6. The average molecular weight is 322 g/mol. The highest BCUT2D eigenvalue weighted by Gasteiger charge is 2.22. The van der Waals surface area contributed by atoms with Gasteiger partial charge in [-0.15, -0.1) is 4.37 Å². The van der Waals surface area contributed by atoms with E-state index in [9.17, 15) is 4.39 Å². The second-order valence-electron chi connectivity index (χ2n) is 5.23. The molecular weight excluding hydrogens is 303 g/mol. The van der Waals surface area contributed by atoms with Gasteiger partial charge in [-0.2, -0.15) is 4.37 Å². The first-order valence-corrected chi connectivity index (χ1v) is 8.16. The van der Waals surface area contributed by atoms with Crippen LogP contribution in [0.4, 0.5) is 10.2 Å². The molecule has 118 valence electrons. The third-order valence-corrected chi connectivity index (χ3v) is 4.35. The van der Waals surface area contributed by atoms with Gasteiger partial charge in [0, 0.05) is 26.2 Å². The number of rotatable bonds is 5. The molecule has 0 N–H and O–H groups in total. The normalized spacial score (nSPS) is 16.0. The molecule has 0 unspecified atom stereocenters. The van der Waals surface area contributed by atoms with Crippen LogP contribution < -0.4 is 9.64 Å². The Kier molecular flexibility index (Phi) is 4.84. The Morgan fingerprint density at radius 2 is 1.86 bits per heavy atom. The molecule has 1 aromatic heterocycles. The molecule has 0 saturated carbocycles. The van der Waals surface area contributed by atoms with E-state index in [1.165, 1.54) is 12.1 Å². The molecule has 22 heavy (non-hydrogen) atoms. The number of piperazine rings is 1. The van der Waals surface area contributed by atoms with Gasteiger partial charge in [-0.25, -0.2) is 4.39 Å². The van der Waals surface area contributed by atoms with Crippen LogP contribution in [0.1, 0.15) is 12.5 Å². The van der Waals surface area contributed by atoms with Gasteiger partial charge in [0.25, 0.3) is 5.88 Å². The zero-order valence-corrected chi connectivity index (χ0v) is 13.4. The molecule has 1 aliphatic rings. The summed E-state index contributed by atoms with van der Waals surface area (Å²) in [5, 5.41) is 0. The van der Waals surface area contributed by atoms with Crippen molar-refractivity contribution in [3.8, 4) is 5.88 Å². The summed E-state index contributed by atoms with van der Waals surface area (Å²) in [7, 11) is 0. The van der Waals surface area contributed by atoms with Crippen molar-refractivity contribution in [3.63, 3.8) is 0 Å². The van der Waals surface area contributed by atoms with E-state index in [1.54, 1.807) is 12.1 Å². The fraction of sp³-hybridized carbons (Fsp3) is 0.467. The molecule has 1 aliphatic heterocycles. The lowest BCUT2D eigenvalue weighted by Gasteiger charge is -2.34. The summed E-state index contributed by atoms with van der Waals surface area (Å²) in [6.45, 7) is 7.57. The molecule has 0 radical (unpaired) electrons. The predicted octanol–water partition coefficient (Wildman–Crippen LogP) is 2.40. The second kappa shape index (κ2) is 7.02. The molecule has 1 fully saturated rings. The Labute approximate surface area is 133 Å². The largest absolute Gasteiger partial charge is 0.470 e. The van der Waals surface area contributed by atoms with Gasteiger partial charge in [-0.1, -0.05) is 19.1 Å². The Bertz CT molecular complexity index is 596. The van der Waals surface area contributed by atoms with Gasteiger partial charge in [0.05, 0.1) is 11.7 Å². The van der Waals surface area contributed by atoms with Crippen LogP contribution in [0.15, 0.2) is 24.3 Å². The van der Waals surface area contributed by atoms with Crippen molar-refractivity contribution >= 4 is 17.5 Å². The monoisotopic (exact) mass is 322 g/mol. The minimum atomic E-state index is -0.242. The first kappa shape index (κ1) is 15.2. The average Bonchev–Trinajstić information content (AvgIpc) is 3.03. The van der Waals surface area contributed by atoms with E-state index >= 15 is 0 Å². The zero-order chi connectivity index (χ0) is 15.4. The van der Waals surface area contributed by atoms with Crippen molar-refractivity contribution in [1.29, 1.82) is 0 Å². The molecule has 0 aliphatic carbocycles. The van der Waals surface area contributed by atoms with Gasteiger partial charge >= 0.3 is 0 Å². The Hall–Kier alpha value is -1.73. The number of aromatic nitrogens is 2. The van der Waals surface area contributed by atoms with Crippen molar-refractivity contribution in [3.05, 3.63) is 35.6 Å². The molecule has 5 nitrogen and oxygen atoms in total. The van der Waals surface area contributed by atoms with Crippen LogP contribution in [0.5, 0.6) is 5.88 Å². The Balaban J connectivity index is 1.61. The smallest absolute Gasteiger partial charge is 0.271 e. The van der Waals surface area contributed by atoms with Gasteiger partial charge in [-0.05, 0) is 24.2 Å².